The fourth-order valence-electron chi connectivity index (χ4n) is 2.74. The number of nitrogens with one attached hydrogen (secondary N) is 1. The lowest BCUT2D eigenvalue weighted by atomic mass is 9.99. The molecule has 2 heterocycles. The van der Waals surface area contributed by atoms with Crippen LogP contribution in [0.5, 0.6) is 0 Å². The van der Waals surface area contributed by atoms with Gasteiger partial charge < -0.3 is 4.52 Å². The van der Waals surface area contributed by atoms with Crippen LogP contribution in [0.4, 0.5) is 8.78 Å². The van der Waals surface area contributed by atoms with Crippen molar-refractivity contribution in [1.29, 1.82) is 0 Å². The molecule has 6 nitrogen and oxygen atoms in total. The summed E-state index contributed by atoms with van der Waals surface area (Å²) >= 11 is 6.02. The lowest BCUT2D eigenvalue weighted by molar-refractivity contribution is 0.394. The van der Waals surface area contributed by atoms with Gasteiger partial charge in [0.2, 0.25) is 11.7 Å². The molecule has 3 aromatic rings. The van der Waals surface area contributed by atoms with E-state index in [9.17, 15) is 13.0 Å². The number of rotatable bonds is 5. The highest BCUT2D eigenvalue weighted by molar-refractivity contribution is 7.84. The van der Waals surface area contributed by atoms with Gasteiger partial charge in [0, 0.05) is 23.7 Å². The summed E-state index contributed by atoms with van der Waals surface area (Å²) in [5.41, 5.74) is 0.692. The lowest BCUT2D eigenvalue weighted by Crippen LogP contribution is -2.35. The molecule has 2 atom stereocenters. The van der Waals surface area contributed by atoms with Crippen LogP contribution in [0.25, 0.3) is 22.5 Å². The van der Waals surface area contributed by atoms with Crippen LogP contribution in [-0.4, -0.2) is 24.1 Å². The molecule has 0 radical (unpaired) electrons. The van der Waals surface area contributed by atoms with Gasteiger partial charge in [-0.1, -0.05) is 16.8 Å². The summed E-state index contributed by atoms with van der Waals surface area (Å²) in [5, 5.41) is 3.89. The fourth-order valence-corrected chi connectivity index (χ4v) is 3.73. The number of benzene rings is 1. The third kappa shape index (κ3) is 4.74. The first-order valence-electron chi connectivity index (χ1n) is 9.11. The summed E-state index contributed by atoms with van der Waals surface area (Å²) in [5.74, 6) is -1.01. The standard InChI is InChI=1S/C20H21ClF2N4O2S/c1-10(27-30(28)20(3,4)5)18-16(23)6-12(9-24-18)14-7-13(21)8-15(22)17(14)19-25-11(2)29-26-19/h6-10,27H,1-5H3. The number of nitrogens with zero attached hydrogens (tertiary/aromatic N) is 3. The Labute approximate surface area is 180 Å². The smallest absolute Gasteiger partial charge is 0.223 e. The molecule has 30 heavy (non-hydrogen) atoms. The molecule has 0 spiro atoms. The molecule has 0 fully saturated rings. The number of hydrogen-bond donors (Lipinski definition) is 1. The van der Waals surface area contributed by atoms with Crippen LogP contribution in [0.1, 0.15) is 45.3 Å². The third-order valence-electron chi connectivity index (χ3n) is 4.24. The van der Waals surface area contributed by atoms with Gasteiger partial charge >= 0.3 is 0 Å². The number of halogens is 3. The number of aromatic nitrogens is 3. The largest absolute Gasteiger partial charge is 0.339 e. The molecule has 2 aromatic heterocycles. The first-order chi connectivity index (χ1) is 14.0. The van der Waals surface area contributed by atoms with Crippen LogP contribution >= 0.6 is 11.6 Å². The Kier molecular flexibility index (Phi) is 6.35. The van der Waals surface area contributed by atoms with E-state index >= 15 is 0 Å². The number of pyridine rings is 1. The second-order valence-corrected chi connectivity index (χ2v) is 10.2. The Hall–Kier alpha value is -2.23. The van der Waals surface area contributed by atoms with Crippen molar-refractivity contribution < 1.29 is 17.5 Å². The SMILES string of the molecule is Cc1nc(-c2c(F)cc(Cl)cc2-c2cnc(C(C)NS(=O)C(C)(C)C)c(F)c2)no1. The van der Waals surface area contributed by atoms with Gasteiger partial charge in [-0.2, -0.15) is 4.98 Å². The molecule has 160 valence electrons. The summed E-state index contributed by atoms with van der Waals surface area (Å²) in [6.45, 7) is 8.68. The van der Waals surface area contributed by atoms with Crippen molar-refractivity contribution in [3.8, 4) is 22.5 Å². The maximum Gasteiger partial charge on any atom is 0.223 e. The quantitative estimate of drug-likeness (QED) is 0.576. The molecular weight excluding hydrogens is 434 g/mol. The van der Waals surface area contributed by atoms with Crippen molar-refractivity contribution >= 4 is 22.6 Å². The molecule has 1 N–H and O–H groups in total. The molecule has 0 bridgehead atoms. The molecule has 2 unspecified atom stereocenters. The normalized spacial score (nSPS) is 14.0. The van der Waals surface area contributed by atoms with Crippen LogP contribution in [0.15, 0.2) is 28.9 Å². The summed E-state index contributed by atoms with van der Waals surface area (Å²) in [6, 6.07) is 3.23. The molecule has 3 rings (SSSR count). The van der Waals surface area contributed by atoms with E-state index in [1.807, 2.05) is 20.8 Å². The third-order valence-corrected chi connectivity index (χ3v) is 6.14. The Morgan fingerprint density at radius 2 is 1.90 bits per heavy atom. The molecule has 0 saturated carbocycles. The molecule has 0 aliphatic carbocycles. The van der Waals surface area contributed by atoms with Crippen molar-refractivity contribution in [1.82, 2.24) is 19.8 Å². The highest BCUT2D eigenvalue weighted by Crippen LogP contribution is 2.36. The topological polar surface area (TPSA) is 80.9 Å². The van der Waals surface area contributed by atoms with Crippen molar-refractivity contribution in [2.45, 2.75) is 45.4 Å². The maximum atomic E-state index is 14.9. The Balaban J connectivity index is 2.02. The highest BCUT2D eigenvalue weighted by Gasteiger charge is 2.25. The molecular formula is C20H21ClF2N4O2S. The summed E-state index contributed by atoms with van der Waals surface area (Å²) in [6.07, 6.45) is 1.40. The van der Waals surface area contributed by atoms with E-state index in [1.165, 1.54) is 18.3 Å². The van der Waals surface area contributed by atoms with E-state index in [2.05, 4.69) is 19.8 Å². The van der Waals surface area contributed by atoms with Crippen molar-refractivity contribution in [2.75, 3.05) is 0 Å². The first kappa shape index (κ1) is 22.5. The van der Waals surface area contributed by atoms with Crippen molar-refractivity contribution in [3.05, 3.63) is 52.6 Å². The fraction of sp³-hybridized carbons (Fsp3) is 0.350. The zero-order chi connectivity index (χ0) is 22.2. The van der Waals surface area contributed by atoms with Crippen LogP contribution in [0.2, 0.25) is 5.02 Å². The second kappa shape index (κ2) is 8.49. The minimum atomic E-state index is -1.40. The second-order valence-electron chi connectivity index (χ2n) is 7.76. The maximum absolute atomic E-state index is 14.9. The van der Waals surface area contributed by atoms with Crippen LogP contribution in [0.3, 0.4) is 0 Å². The Morgan fingerprint density at radius 1 is 1.20 bits per heavy atom. The zero-order valence-corrected chi connectivity index (χ0v) is 18.7. The molecule has 0 aliphatic rings. The first-order valence-corrected chi connectivity index (χ1v) is 10.6. The summed E-state index contributed by atoms with van der Waals surface area (Å²) in [7, 11) is -1.40. The highest BCUT2D eigenvalue weighted by atomic mass is 35.5. The van der Waals surface area contributed by atoms with Gasteiger partial charge in [-0.15, -0.1) is 0 Å². The van der Waals surface area contributed by atoms with Crippen LogP contribution in [0, 0.1) is 18.6 Å². The Bertz CT molecular complexity index is 1110. The molecule has 10 heteroatoms. The molecule has 0 saturated heterocycles. The average Bonchev–Trinajstić information content (AvgIpc) is 3.05. The monoisotopic (exact) mass is 454 g/mol. The van der Waals surface area contributed by atoms with Crippen molar-refractivity contribution in [3.63, 3.8) is 0 Å². The van der Waals surface area contributed by atoms with Gasteiger partial charge in [-0.05, 0) is 51.5 Å². The van der Waals surface area contributed by atoms with E-state index in [4.69, 9.17) is 16.1 Å². The minimum absolute atomic E-state index is 0.0248. The minimum Gasteiger partial charge on any atom is -0.339 e. The molecule has 0 amide bonds. The lowest BCUT2D eigenvalue weighted by Gasteiger charge is -2.22. The number of aryl methyl sites for hydroxylation is 1. The van der Waals surface area contributed by atoms with E-state index < -0.39 is 33.4 Å². The summed E-state index contributed by atoms with van der Waals surface area (Å²) in [4.78, 5) is 8.25. The van der Waals surface area contributed by atoms with Gasteiger partial charge in [0.25, 0.3) is 0 Å². The predicted octanol–water partition coefficient (Wildman–Crippen LogP) is 5.15. The van der Waals surface area contributed by atoms with Gasteiger partial charge in [0.05, 0.1) is 33.0 Å². The summed E-state index contributed by atoms with van der Waals surface area (Å²) < 4.78 is 49.2. The Morgan fingerprint density at radius 3 is 2.47 bits per heavy atom. The van der Waals surface area contributed by atoms with Crippen molar-refractivity contribution in [2.24, 2.45) is 0 Å². The average molecular weight is 455 g/mol. The van der Waals surface area contributed by atoms with Gasteiger partial charge in [-0.3, -0.25) is 4.98 Å². The molecule has 0 aliphatic heterocycles. The van der Waals surface area contributed by atoms with Crippen LogP contribution in [-0.2, 0) is 11.0 Å². The number of hydrogen-bond acceptors (Lipinski definition) is 5. The van der Waals surface area contributed by atoms with E-state index in [0.717, 1.165) is 6.07 Å². The molecule has 1 aromatic carbocycles. The van der Waals surface area contributed by atoms with E-state index in [-0.39, 0.29) is 33.6 Å². The van der Waals surface area contributed by atoms with Crippen LogP contribution < -0.4 is 4.72 Å². The van der Waals surface area contributed by atoms with E-state index in [0.29, 0.717) is 5.56 Å². The zero-order valence-electron chi connectivity index (χ0n) is 17.1. The van der Waals surface area contributed by atoms with Gasteiger partial charge in [-0.25, -0.2) is 17.7 Å². The van der Waals surface area contributed by atoms with Gasteiger partial charge in [0.15, 0.2) is 0 Å². The van der Waals surface area contributed by atoms with E-state index in [1.54, 1.807) is 13.8 Å². The van der Waals surface area contributed by atoms with Gasteiger partial charge in [0.1, 0.15) is 11.6 Å². The predicted molar refractivity (Wildman–Crippen MR) is 112 cm³/mol.